The van der Waals surface area contributed by atoms with Crippen molar-refractivity contribution in [3.8, 4) is 5.75 Å². The van der Waals surface area contributed by atoms with Gasteiger partial charge in [-0.1, -0.05) is 36.4 Å². The number of hydrogen-bond donors (Lipinski definition) is 2. The van der Waals surface area contributed by atoms with Gasteiger partial charge in [0.1, 0.15) is 5.75 Å². The van der Waals surface area contributed by atoms with Crippen molar-refractivity contribution in [2.75, 3.05) is 13.7 Å². The summed E-state index contributed by atoms with van der Waals surface area (Å²) in [6.07, 6.45) is 0. The minimum absolute atomic E-state index is 0.295. The van der Waals surface area contributed by atoms with Gasteiger partial charge in [-0.2, -0.15) is 0 Å². The van der Waals surface area contributed by atoms with Gasteiger partial charge in [0.25, 0.3) is 0 Å². The molecule has 2 aromatic carbocycles. The van der Waals surface area contributed by atoms with E-state index >= 15 is 0 Å². The molecule has 6 heteroatoms. The number of carbonyl (C=O) groups is 1. The molecule has 0 saturated heterocycles. The highest BCUT2D eigenvalue weighted by atomic mass is 32.1. The van der Waals surface area contributed by atoms with E-state index in [1.54, 1.807) is 14.0 Å². The number of aryl methyl sites for hydroxylation is 1. The van der Waals surface area contributed by atoms with E-state index < -0.39 is 6.04 Å². The second-order valence-electron chi connectivity index (χ2n) is 6.13. The zero-order valence-electron chi connectivity index (χ0n) is 15.5. The highest BCUT2D eigenvalue weighted by molar-refractivity contribution is 7.80. The molecule has 2 N–H and O–H groups in total. The van der Waals surface area contributed by atoms with Crippen LogP contribution in [0.5, 0.6) is 5.75 Å². The molecule has 0 aromatic heterocycles. The zero-order chi connectivity index (χ0) is 19.4. The molecule has 1 heterocycles. The van der Waals surface area contributed by atoms with Gasteiger partial charge in [-0.05, 0) is 54.9 Å². The Balaban J connectivity index is 2.18. The average molecular weight is 382 g/mol. The maximum atomic E-state index is 12.9. The number of ether oxygens (including phenoxy) is 2. The lowest BCUT2D eigenvalue weighted by Gasteiger charge is -2.32. The third-order valence-electron chi connectivity index (χ3n) is 4.42. The van der Waals surface area contributed by atoms with Crippen molar-refractivity contribution in [3.63, 3.8) is 0 Å². The number of esters is 1. The second kappa shape index (κ2) is 8.22. The number of benzene rings is 2. The molecule has 0 saturated carbocycles. The third-order valence-corrected chi connectivity index (χ3v) is 4.64. The van der Waals surface area contributed by atoms with Crippen molar-refractivity contribution in [2.45, 2.75) is 19.9 Å². The second-order valence-corrected chi connectivity index (χ2v) is 6.54. The lowest BCUT2D eigenvalue weighted by molar-refractivity contribution is -0.138. The number of carbonyl (C=O) groups excluding carboxylic acids is 1. The van der Waals surface area contributed by atoms with E-state index in [2.05, 4.69) is 10.6 Å². The summed E-state index contributed by atoms with van der Waals surface area (Å²) in [5.74, 6) is 0.386. The van der Waals surface area contributed by atoms with Crippen LogP contribution in [0.15, 0.2) is 54.1 Å². The van der Waals surface area contributed by atoms with Gasteiger partial charge >= 0.3 is 5.97 Å². The van der Waals surface area contributed by atoms with Gasteiger partial charge in [-0.3, -0.25) is 0 Å². The first-order valence-electron chi connectivity index (χ1n) is 8.74. The van der Waals surface area contributed by atoms with Gasteiger partial charge < -0.3 is 20.1 Å². The van der Waals surface area contributed by atoms with Crippen LogP contribution in [0.25, 0.3) is 5.70 Å². The molecular weight excluding hydrogens is 360 g/mol. The van der Waals surface area contributed by atoms with Crippen molar-refractivity contribution >= 4 is 29.0 Å². The zero-order valence-corrected chi connectivity index (χ0v) is 16.4. The molecular formula is C21H22N2O3S. The molecule has 0 amide bonds. The summed E-state index contributed by atoms with van der Waals surface area (Å²) < 4.78 is 10.7. The molecule has 0 aliphatic carbocycles. The van der Waals surface area contributed by atoms with Crippen LogP contribution in [0.4, 0.5) is 0 Å². The first-order valence-corrected chi connectivity index (χ1v) is 9.14. The number of methoxy groups -OCH3 is 1. The normalized spacial score (nSPS) is 16.4. The van der Waals surface area contributed by atoms with Crippen LogP contribution in [0, 0.1) is 6.92 Å². The van der Waals surface area contributed by atoms with Crippen molar-refractivity contribution in [3.05, 3.63) is 70.8 Å². The fourth-order valence-electron chi connectivity index (χ4n) is 3.16. The molecule has 3 rings (SSSR count). The van der Waals surface area contributed by atoms with Crippen LogP contribution in [0.1, 0.15) is 29.7 Å². The van der Waals surface area contributed by atoms with E-state index in [1.807, 2.05) is 55.5 Å². The third kappa shape index (κ3) is 3.95. The van der Waals surface area contributed by atoms with Crippen molar-refractivity contribution in [1.82, 2.24) is 10.6 Å². The SMILES string of the molecule is CCOC(=O)C1=C(c2ccccc2)NC(=S)N[C@@H]1c1ccc(OC)cc1C. The Bertz CT molecular complexity index is 894. The smallest absolute Gasteiger partial charge is 0.338 e. The summed E-state index contributed by atoms with van der Waals surface area (Å²) in [4.78, 5) is 12.9. The van der Waals surface area contributed by atoms with Crippen LogP contribution in [-0.4, -0.2) is 24.8 Å². The van der Waals surface area contributed by atoms with Gasteiger partial charge in [-0.25, -0.2) is 4.79 Å². The van der Waals surface area contributed by atoms with Crippen molar-refractivity contribution in [1.29, 1.82) is 0 Å². The maximum Gasteiger partial charge on any atom is 0.338 e. The maximum absolute atomic E-state index is 12.9. The van der Waals surface area contributed by atoms with E-state index in [4.69, 9.17) is 21.7 Å². The molecule has 1 aliphatic rings. The van der Waals surface area contributed by atoms with Gasteiger partial charge in [0.2, 0.25) is 0 Å². The predicted octanol–water partition coefficient (Wildman–Crippen LogP) is 3.50. The van der Waals surface area contributed by atoms with Crippen LogP contribution in [0.2, 0.25) is 0 Å². The largest absolute Gasteiger partial charge is 0.497 e. The van der Waals surface area contributed by atoms with Crippen molar-refractivity contribution in [2.24, 2.45) is 0 Å². The van der Waals surface area contributed by atoms with E-state index in [-0.39, 0.29) is 5.97 Å². The fraction of sp³-hybridized carbons (Fsp3) is 0.238. The first kappa shape index (κ1) is 18.9. The topological polar surface area (TPSA) is 59.6 Å². The molecule has 0 fully saturated rings. The molecule has 140 valence electrons. The Morgan fingerprint density at radius 1 is 1.19 bits per heavy atom. The van der Waals surface area contributed by atoms with Crippen LogP contribution in [-0.2, 0) is 9.53 Å². The summed E-state index contributed by atoms with van der Waals surface area (Å²) in [7, 11) is 1.63. The van der Waals surface area contributed by atoms with Crippen LogP contribution < -0.4 is 15.4 Å². The molecule has 2 aromatic rings. The molecule has 0 unspecified atom stereocenters. The minimum atomic E-state index is -0.418. The quantitative estimate of drug-likeness (QED) is 0.610. The van der Waals surface area contributed by atoms with E-state index in [9.17, 15) is 4.79 Å². The average Bonchev–Trinajstić information content (AvgIpc) is 2.68. The molecule has 1 aliphatic heterocycles. The highest BCUT2D eigenvalue weighted by Crippen LogP contribution is 2.34. The van der Waals surface area contributed by atoms with E-state index in [1.165, 1.54) is 0 Å². The summed E-state index contributed by atoms with van der Waals surface area (Å²) in [6.45, 7) is 4.07. The Labute approximate surface area is 164 Å². The minimum Gasteiger partial charge on any atom is -0.497 e. The number of hydrogen-bond acceptors (Lipinski definition) is 4. The molecule has 0 spiro atoms. The van der Waals surface area contributed by atoms with E-state index in [0.717, 1.165) is 22.4 Å². The predicted molar refractivity (Wildman–Crippen MR) is 109 cm³/mol. The molecule has 0 radical (unpaired) electrons. The van der Waals surface area contributed by atoms with Gasteiger partial charge in [-0.15, -0.1) is 0 Å². The standard InChI is InChI=1S/C21H22N2O3S/c1-4-26-20(24)17-18(14-8-6-5-7-9-14)22-21(27)23-19(17)16-11-10-15(25-3)12-13(16)2/h5-12,19H,4H2,1-3H3,(H2,22,23,27)/t19-/m1/s1. The molecule has 0 bridgehead atoms. The first-order chi connectivity index (χ1) is 13.0. The molecule has 1 atom stereocenters. The fourth-order valence-corrected chi connectivity index (χ4v) is 3.38. The summed E-state index contributed by atoms with van der Waals surface area (Å²) in [5.41, 5.74) is 3.98. The Morgan fingerprint density at radius 2 is 1.93 bits per heavy atom. The Kier molecular flexibility index (Phi) is 5.76. The molecule has 27 heavy (non-hydrogen) atoms. The summed E-state index contributed by atoms with van der Waals surface area (Å²) >= 11 is 5.42. The molecule has 5 nitrogen and oxygen atoms in total. The Hall–Kier alpha value is -2.86. The van der Waals surface area contributed by atoms with E-state index in [0.29, 0.717) is 23.0 Å². The lowest BCUT2D eigenvalue weighted by atomic mass is 9.90. The number of nitrogens with one attached hydrogen (secondary N) is 2. The van der Waals surface area contributed by atoms with Gasteiger partial charge in [0.15, 0.2) is 5.11 Å². The highest BCUT2D eigenvalue weighted by Gasteiger charge is 2.33. The lowest BCUT2D eigenvalue weighted by Crippen LogP contribution is -2.45. The van der Waals surface area contributed by atoms with Crippen molar-refractivity contribution < 1.29 is 14.3 Å². The van der Waals surface area contributed by atoms with Crippen LogP contribution in [0.3, 0.4) is 0 Å². The monoisotopic (exact) mass is 382 g/mol. The van der Waals surface area contributed by atoms with Gasteiger partial charge in [0.05, 0.1) is 31.0 Å². The summed E-state index contributed by atoms with van der Waals surface area (Å²) in [6, 6.07) is 15.0. The Morgan fingerprint density at radius 3 is 2.56 bits per heavy atom. The number of rotatable bonds is 5. The number of thiocarbonyl (C=S) groups is 1. The van der Waals surface area contributed by atoms with Crippen LogP contribution >= 0.6 is 12.2 Å². The summed E-state index contributed by atoms with van der Waals surface area (Å²) in [5, 5.41) is 6.82. The van der Waals surface area contributed by atoms with Gasteiger partial charge in [0, 0.05) is 0 Å².